The van der Waals surface area contributed by atoms with Crippen molar-refractivity contribution in [3.63, 3.8) is 0 Å². The van der Waals surface area contributed by atoms with Crippen LogP contribution >= 0.6 is 11.6 Å². The molecule has 0 spiro atoms. The van der Waals surface area contributed by atoms with E-state index in [4.69, 9.17) is 25.8 Å². The van der Waals surface area contributed by atoms with E-state index >= 15 is 0 Å². The molecule has 2 aromatic carbocycles. The molecule has 3 aromatic heterocycles. The van der Waals surface area contributed by atoms with Crippen LogP contribution in [-0.2, 0) is 14.8 Å². The second-order valence-corrected chi connectivity index (χ2v) is 18.5. The van der Waals surface area contributed by atoms with Crippen molar-refractivity contribution in [3.8, 4) is 17.4 Å². The number of aromatic amines is 1. The number of rotatable bonds is 12. The third-order valence-corrected chi connectivity index (χ3v) is 13.0. The van der Waals surface area contributed by atoms with Gasteiger partial charge in [-0.3, -0.25) is 9.69 Å². The Bertz CT molecular complexity index is 2440. The normalized spacial score (nSPS) is 18.5. The Morgan fingerprint density at radius 2 is 1.75 bits per heavy atom. The van der Waals surface area contributed by atoms with E-state index in [0.29, 0.717) is 24.6 Å². The highest BCUT2D eigenvalue weighted by atomic mass is 35.5. The number of aromatic nitrogens is 3. The summed E-state index contributed by atoms with van der Waals surface area (Å²) in [6.45, 7) is 9.14. The van der Waals surface area contributed by atoms with Gasteiger partial charge in [-0.1, -0.05) is 43.2 Å². The van der Waals surface area contributed by atoms with Crippen molar-refractivity contribution in [1.29, 1.82) is 0 Å². The molecule has 2 fully saturated rings. The number of pyridine rings is 2. The number of H-pyrrole nitrogens is 1. The molecule has 8 rings (SSSR count). The van der Waals surface area contributed by atoms with Gasteiger partial charge >= 0.3 is 0 Å². The number of sulfonamides is 1. The minimum Gasteiger partial charge on any atom is -0.474 e. The van der Waals surface area contributed by atoms with Gasteiger partial charge in [0.2, 0.25) is 5.88 Å². The molecule has 12 nitrogen and oxygen atoms in total. The number of hydrogen-bond acceptors (Lipinski definition) is 10. The lowest BCUT2D eigenvalue weighted by atomic mass is 9.72. The van der Waals surface area contributed by atoms with Crippen LogP contribution in [0.3, 0.4) is 0 Å². The van der Waals surface area contributed by atoms with E-state index in [1.807, 2.05) is 24.3 Å². The fourth-order valence-corrected chi connectivity index (χ4v) is 8.95. The van der Waals surface area contributed by atoms with Gasteiger partial charge in [-0.25, -0.2) is 27.5 Å². The molecule has 0 unspecified atom stereocenters. The molecule has 0 atom stereocenters. The lowest BCUT2D eigenvalue weighted by Gasteiger charge is -2.39. The van der Waals surface area contributed by atoms with Crippen LogP contribution in [0.15, 0.2) is 95.8 Å². The summed E-state index contributed by atoms with van der Waals surface area (Å²) in [5, 5.41) is 1.55. The van der Waals surface area contributed by atoms with Crippen molar-refractivity contribution in [2.75, 3.05) is 57.4 Å². The predicted molar refractivity (Wildman–Crippen MR) is 226 cm³/mol. The standard InChI is InChI=1S/C44H48ClFN6O6S/c1-43(2)13-11-32(38(25-43)30-3-5-33(45)6-4-30)28-51-17-19-52(20-18-51)34-7-9-37(39(24-34)58-35-23-31-12-16-47-41(31)49-26-35)42(53)50-59(54,55)36-8-10-40(48-27-36)57-29-44(46)14-21-56-22-15-44/h3-10,12,16,23-24,26-27H,11,13-15,17-22,25,28-29H2,1-2H3,(H,47,49)(H,50,53). The Kier molecular flexibility index (Phi) is 11.7. The number of halogens is 2. The van der Waals surface area contributed by atoms with Crippen molar-refractivity contribution in [1.82, 2.24) is 24.6 Å². The lowest BCUT2D eigenvalue weighted by molar-refractivity contribution is -0.0331. The number of carbonyl (C=O) groups excluding carboxylic acids is 1. The van der Waals surface area contributed by atoms with Gasteiger partial charge in [-0.05, 0) is 78.3 Å². The van der Waals surface area contributed by atoms with Gasteiger partial charge in [0.05, 0.1) is 18.0 Å². The molecule has 2 aliphatic heterocycles. The first-order valence-corrected chi connectivity index (χ1v) is 21.8. The van der Waals surface area contributed by atoms with Gasteiger partial charge in [-0.15, -0.1) is 0 Å². The SMILES string of the molecule is CC1(C)CCC(CN2CCN(c3ccc(C(=O)NS(=O)(=O)c4ccc(OCC5(F)CCOCC5)nc4)c(Oc4cnc5[nH]ccc5c4)c3)CC2)=C(c2ccc(Cl)cc2)C1. The van der Waals surface area contributed by atoms with Crippen LogP contribution in [0.5, 0.6) is 17.4 Å². The van der Waals surface area contributed by atoms with Crippen molar-refractivity contribution >= 4 is 49.8 Å². The first kappa shape index (κ1) is 40.7. The van der Waals surface area contributed by atoms with Crippen LogP contribution in [0.1, 0.15) is 61.9 Å². The predicted octanol–water partition coefficient (Wildman–Crippen LogP) is 8.21. The Morgan fingerprint density at radius 1 is 0.966 bits per heavy atom. The van der Waals surface area contributed by atoms with Crippen molar-refractivity contribution in [2.45, 2.75) is 56.5 Å². The summed E-state index contributed by atoms with van der Waals surface area (Å²) in [7, 11) is -4.37. The van der Waals surface area contributed by atoms with E-state index in [0.717, 1.165) is 74.3 Å². The van der Waals surface area contributed by atoms with E-state index in [-0.39, 0.29) is 47.0 Å². The zero-order valence-electron chi connectivity index (χ0n) is 33.2. The highest BCUT2D eigenvalue weighted by Crippen LogP contribution is 2.43. The number of amides is 1. The largest absolute Gasteiger partial charge is 0.474 e. The number of nitrogens with zero attached hydrogens (tertiary/aromatic N) is 4. The zero-order valence-corrected chi connectivity index (χ0v) is 34.8. The fraction of sp³-hybridized carbons (Fsp3) is 0.386. The van der Waals surface area contributed by atoms with Crippen LogP contribution in [-0.4, -0.2) is 92.4 Å². The maximum atomic E-state index is 15.0. The molecule has 1 amide bonds. The Balaban J connectivity index is 0.976. The summed E-state index contributed by atoms with van der Waals surface area (Å²) in [4.78, 5) is 29.8. The molecule has 5 heterocycles. The molecule has 5 aromatic rings. The molecule has 2 saturated heterocycles. The number of fused-ring (bicyclic) bond motifs is 1. The van der Waals surface area contributed by atoms with Gasteiger partial charge in [0.1, 0.15) is 34.3 Å². The highest BCUT2D eigenvalue weighted by Gasteiger charge is 2.34. The van der Waals surface area contributed by atoms with E-state index in [9.17, 15) is 17.6 Å². The number of ether oxygens (including phenoxy) is 3. The van der Waals surface area contributed by atoms with E-state index in [1.54, 1.807) is 30.6 Å². The van der Waals surface area contributed by atoms with Gasteiger partial charge in [-0.2, -0.15) is 0 Å². The topological polar surface area (TPSA) is 139 Å². The molecule has 0 saturated carbocycles. The number of anilines is 1. The minimum absolute atomic E-state index is 0.0182. The number of benzene rings is 2. The number of hydrogen-bond donors (Lipinski definition) is 2. The molecule has 0 radical (unpaired) electrons. The van der Waals surface area contributed by atoms with Gasteiger partial charge in [0.15, 0.2) is 0 Å². The summed E-state index contributed by atoms with van der Waals surface area (Å²) in [5.74, 6) is -0.262. The number of nitrogens with one attached hydrogen (secondary N) is 2. The summed E-state index contributed by atoms with van der Waals surface area (Å²) < 4.78 is 61.1. The molecule has 3 aliphatic rings. The lowest BCUT2D eigenvalue weighted by Crippen LogP contribution is -2.47. The summed E-state index contributed by atoms with van der Waals surface area (Å²) >= 11 is 6.23. The monoisotopic (exact) mass is 842 g/mol. The number of piperazine rings is 1. The maximum absolute atomic E-state index is 15.0. The van der Waals surface area contributed by atoms with Gasteiger partial charge in [0.25, 0.3) is 15.9 Å². The molecule has 310 valence electrons. The Morgan fingerprint density at radius 3 is 2.49 bits per heavy atom. The van der Waals surface area contributed by atoms with Crippen molar-refractivity contribution in [3.05, 3.63) is 107 Å². The second-order valence-electron chi connectivity index (χ2n) is 16.4. The molecular formula is C44H48ClFN6O6S. The quantitative estimate of drug-likeness (QED) is 0.126. The Labute approximate surface area is 348 Å². The molecule has 2 N–H and O–H groups in total. The molecule has 59 heavy (non-hydrogen) atoms. The summed E-state index contributed by atoms with van der Waals surface area (Å²) in [6.07, 6.45) is 8.03. The summed E-state index contributed by atoms with van der Waals surface area (Å²) in [5.41, 5.74) is 4.37. The minimum atomic E-state index is -4.37. The summed E-state index contributed by atoms with van der Waals surface area (Å²) in [6, 6.07) is 19.6. The van der Waals surface area contributed by atoms with Crippen LogP contribution in [0.2, 0.25) is 5.02 Å². The van der Waals surface area contributed by atoms with E-state index in [1.165, 1.54) is 28.8 Å². The number of alkyl halides is 1. The molecule has 0 bridgehead atoms. The maximum Gasteiger partial charge on any atom is 0.268 e. The van der Waals surface area contributed by atoms with Crippen LogP contribution in [0, 0.1) is 5.41 Å². The van der Waals surface area contributed by atoms with Crippen LogP contribution in [0.4, 0.5) is 10.1 Å². The molecule has 15 heteroatoms. The van der Waals surface area contributed by atoms with Crippen LogP contribution < -0.4 is 19.1 Å². The third-order valence-electron chi connectivity index (χ3n) is 11.5. The smallest absolute Gasteiger partial charge is 0.268 e. The fourth-order valence-electron chi connectivity index (χ4n) is 7.91. The van der Waals surface area contributed by atoms with Crippen molar-refractivity contribution < 1.29 is 31.8 Å². The molecular weight excluding hydrogens is 795 g/mol. The van der Waals surface area contributed by atoms with Gasteiger partial charge < -0.3 is 24.1 Å². The van der Waals surface area contributed by atoms with Gasteiger partial charge in [0, 0.05) is 93.2 Å². The average Bonchev–Trinajstić information content (AvgIpc) is 3.70. The second kappa shape index (κ2) is 16.9. The number of carbonyl (C=O) groups is 1. The van der Waals surface area contributed by atoms with Crippen LogP contribution in [0.25, 0.3) is 16.6 Å². The first-order chi connectivity index (χ1) is 28.3. The number of allylic oxidation sites excluding steroid dienone is 1. The Hall–Kier alpha value is -5.02. The highest BCUT2D eigenvalue weighted by molar-refractivity contribution is 7.90. The average molecular weight is 843 g/mol. The molecule has 1 aliphatic carbocycles. The first-order valence-electron chi connectivity index (χ1n) is 19.9. The third kappa shape index (κ3) is 9.73. The van der Waals surface area contributed by atoms with Crippen molar-refractivity contribution in [2.24, 2.45) is 5.41 Å². The zero-order chi connectivity index (χ0) is 41.2. The van der Waals surface area contributed by atoms with E-state index < -0.39 is 21.6 Å². The van der Waals surface area contributed by atoms with E-state index in [2.05, 4.69) is 55.5 Å².